The molecule has 1 aliphatic heterocycles. The van der Waals surface area contributed by atoms with Gasteiger partial charge in [-0.3, -0.25) is 19.9 Å². The molecule has 0 bridgehead atoms. The van der Waals surface area contributed by atoms with Gasteiger partial charge in [0.05, 0.1) is 16.0 Å². The number of nitro benzene ring substituents is 1. The Kier molecular flexibility index (Phi) is 5.39. The smallest absolute Gasteiger partial charge is 0.277 e. The summed E-state index contributed by atoms with van der Waals surface area (Å²) in [6.45, 7) is 7.75. The maximum Gasteiger partial charge on any atom is 0.277 e. The predicted octanol–water partition coefficient (Wildman–Crippen LogP) is 5.70. The van der Waals surface area contributed by atoms with E-state index in [-0.39, 0.29) is 21.9 Å². The van der Waals surface area contributed by atoms with Crippen LogP contribution in [0.15, 0.2) is 60.7 Å². The number of benzene rings is 3. The third-order valence-corrected chi connectivity index (χ3v) is 5.87. The zero-order chi connectivity index (χ0) is 22.2. The van der Waals surface area contributed by atoms with E-state index in [0.29, 0.717) is 24.0 Å². The molecular formula is C25H27N3O3. The SMILES string of the molecule is CC(C)(C)c1ccc(C(=O)N2CCCCN2c2ccc([N+](=O)[O-])c3ccccc23)cc1. The fourth-order valence-electron chi connectivity index (χ4n) is 4.14. The first-order valence-electron chi connectivity index (χ1n) is 10.6. The highest BCUT2D eigenvalue weighted by Gasteiger charge is 2.28. The predicted molar refractivity (Wildman–Crippen MR) is 123 cm³/mol. The van der Waals surface area contributed by atoms with Crippen molar-refractivity contribution in [2.45, 2.75) is 39.0 Å². The van der Waals surface area contributed by atoms with Crippen LogP contribution >= 0.6 is 0 Å². The van der Waals surface area contributed by atoms with Gasteiger partial charge in [0.2, 0.25) is 0 Å². The van der Waals surface area contributed by atoms with Crippen molar-refractivity contribution in [2.24, 2.45) is 0 Å². The van der Waals surface area contributed by atoms with E-state index in [9.17, 15) is 14.9 Å². The number of rotatable bonds is 3. The molecule has 4 rings (SSSR count). The molecule has 1 aliphatic rings. The maximum absolute atomic E-state index is 13.4. The van der Waals surface area contributed by atoms with Crippen molar-refractivity contribution in [3.63, 3.8) is 0 Å². The van der Waals surface area contributed by atoms with Crippen molar-refractivity contribution >= 4 is 28.1 Å². The topological polar surface area (TPSA) is 66.7 Å². The fraction of sp³-hybridized carbons (Fsp3) is 0.320. The Morgan fingerprint density at radius 1 is 0.903 bits per heavy atom. The number of carbonyl (C=O) groups excluding carboxylic acids is 1. The molecule has 0 unspecified atom stereocenters. The second-order valence-corrected chi connectivity index (χ2v) is 8.99. The number of hydrogen-bond donors (Lipinski definition) is 0. The van der Waals surface area contributed by atoms with Crippen LogP contribution in [0.5, 0.6) is 0 Å². The van der Waals surface area contributed by atoms with Crippen LogP contribution < -0.4 is 5.01 Å². The average Bonchev–Trinajstić information content (AvgIpc) is 2.77. The quantitative estimate of drug-likeness (QED) is 0.405. The van der Waals surface area contributed by atoms with Crippen LogP contribution in [0.3, 0.4) is 0 Å². The summed E-state index contributed by atoms with van der Waals surface area (Å²) in [5.74, 6) is -0.0532. The lowest BCUT2D eigenvalue weighted by Gasteiger charge is -2.40. The summed E-state index contributed by atoms with van der Waals surface area (Å²) in [5.41, 5.74) is 2.75. The Bertz CT molecular complexity index is 1130. The molecule has 0 spiro atoms. The van der Waals surface area contributed by atoms with Gasteiger partial charge in [0.1, 0.15) is 0 Å². The molecule has 0 saturated carbocycles. The molecule has 3 aromatic carbocycles. The molecule has 1 amide bonds. The average molecular weight is 418 g/mol. The van der Waals surface area contributed by atoms with E-state index in [1.165, 1.54) is 11.6 Å². The molecule has 160 valence electrons. The first-order chi connectivity index (χ1) is 14.8. The number of nitro groups is 1. The van der Waals surface area contributed by atoms with E-state index in [0.717, 1.165) is 23.9 Å². The van der Waals surface area contributed by atoms with Gasteiger partial charge in [-0.15, -0.1) is 0 Å². The first-order valence-corrected chi connectivity index (χ1v) is 10.6. The minimum absolute atomic E-state index is 0.0242. The van der Waals surface area contributed by atoms with Crippen LogP contribution in [0.1, 0.15) is 49.5 Å². The minimum Gasteiger partial charge on any atom is -0.282 e. The van der Waals surface area contributed by atoms with Gasteiger partial charge < -0.3 is 0 Å². The van der Waals surface area contributed by atoms with Crippen molar-refractivity contribution < 1.29 is 9.72 Å². The lowest BCUT2D eigenvalue weighted by Crippen LogP contribution is -2.50. The number of anilines is 1. The van der Waals surface area contributed by atoms with Crippen molar-refractivity contribution in [1.82, 2.24) is 5.01 Å². The molecular weight excluding hydrogens is 390 g/mol. The van der Waals surface area contributed by atoms with E-state index in [4.69, 9.17) is 0 Å². The lowest BCUT2D eigenvalue weighted by atomic mass is 9.86. The Morgan fingerprint density at radius 2 is 1.55 bits per heavy atom. The fourth-order valence-corrected chi connectivity index (χ4v) is 4.14. The summed E-state index contributed by atoms with van der Waals surface area (Å²) in [6.07, 6.45) is 1.88. The van der Waals surface area contributed by atoms with E-state index in [1.807, 2.05) is 41.4 Å². The van der Waals surface area contributed by atoms with Crippen LogP contribution in [0, 0.1) is 10.1 Å². The van der Waals surface area contributed by atoms with Gasteiger partial charge in [-0.2, -0.15) is 0 Å². The summed E-state index contributed by atoms with van der Waals surface area (Å²) >= 11 is 0. The molecule has 3 aromatic rings. The Labute approximate surface area is 182 Å². The normalized spacial score (nSPS) is 14.7. The second-order valence-electron chi connectivity index (χ2n) is 8.99. The Balaban J connectivity index is 1.72. The minimum atomic E-state index is -0.359. The molecule has 0 aromatic heterocycles. The van der Waals surface area contributed by atoms with Gasteiger partial charge in [-0.1, -0.05) is 51.1 Å². The lowest BCUT2D eigenvalue weighted by molar-refractivity contribution is -0.383. The highest BCUT2D eigenvalue weighted by atomic mass is 16.6. The number of non-ortho nitro benzene ring substituents is 1. The van der Waals surface area contributed by atoms with Gasteiger partial charge in [0.25, 0.3) is 11.6 Å². The molecule has 6 nitrogen and oxygen atoms in total. The highest BCUT2D eigenvalue weighted by molar-refractivity contribution is 6.01. The number of nitrogens with zero attached hydrogens (tertiary/aromatic N) is 3. The summed E-state index contributed by atoms with van der Waals surface area (Å²) in [5, 5.41) is 16.6. The van der Waals surface area contributed by atoms with Crippen LogP contribution in [-0.4, -0.2) is 28.9 Å². The van der Waals surface area contributed by atoms with Gasteiger partial charge in [0, 0.05) is 30.1 Å². The van der Waals surface area contributed by atoms with Crippen molar-refractivity contribution in [3.05, 3.63) is 81.9 Å². The maximum atomic E-state index is 13.4. The van der Waals surface area contributed by atoms with E-state index >= 15 is 0 Å². The molecule has 31 heavy (non-hydrogen) atoms. The zero-order valence-electron chi connectivity index (χ0n) is 18.2. The molecule has 0 N–H and O–H groups in total. The third kappa shape index (κ3) is 3.98. The van der Waals surface area contributed by atoms with E-state index in [2.05, 4.69) is 20.8 Å². The van der Waals surface area contributed by atoms with Crippen LogP contribution in [-0.2, 0) is 5.41 Å². The Hall–Kier alpha value is -3.41. The monoisotopic (exact) mass is 417 g/mol. The van der Waals surface area contributed by atoms with Gasteiger partial charge in [-0.25, -0.2) is 5.01 Å². The molecule has 0 aliphatic carbocycles. The van der Waals surface area contributed by atoms with Crippen molar-refractivity contribution in [3.8, 4) is 0 Å². The summed E-state index contributed by atoms with van der Waals surface area (Å²) in [7, 11) is 0. The highest BCUT2D eigenvalue weighted by Crippen LogP contribution is 2.35. The summed E-state index contributed by atoms with van der Waals surface area (Å²) in [4.78, 5) is 24.6. The number of carbonyl (C=O) groups is 1. The number of hydrogen-bond acceptors (Lipinski definition) is 4. The molecule has 0 radical (unpaired) electrons. The van der Waals surface area contributed by atoms with E-state index < -0.39 is 0 Å². The van der Waals surface area contributed by atoms with Crippen molar-refractivity contribution in [1.29, 1.82) is 0 Å². The summed E-state index contributed by atoms with van der Waals surface area (Å²) in [6, 6.07) is 18.4. The molecule has 1 heterocycles. The molecule has 0 atom stereocenters. The van der Waals surface area contributed by atoms with Gasteiger partial charge in [-0.05, 0) is 48.1 Å². The number of hydrazine groups is 1. The molecule has 1 fully saturated rings. The molecule has 1 saturated heterocycles. The number of fused-ring (bicyclic) bond motifs is 1. The van der Waals surface area contributed by atoms with Gasteiger partial charge in [0.15, 0.2) is 0 Å². The summed E-state index contributed by atoms with van der Waals surface area (Å²) < 4.78 is 0. The van der Waals surface area contributed by atoms with Crippen molar-refractivity contribution in [2.75, 3.05) is 18.1 Å². The van der Waals surface area contributed by atoms with Crippen LogP contribution in [0.4, 0.5) is 11.4 Å². The number of amides is 1. The largest absolute Gasteiger partial charge is 0.282 e. The zero-order valence-corrected chi connectivity index (χ0v) is 18.2. The molecule has 6 heteroatoms. The van der Waals surface area contributed by atoms with Crippen LogP contribution in [0.2, 0.25) is 0 Å². The third-order valence-electron chi connectivity index (χ3n) is 5.87. The standard InChI is InChI=1S/C25H27N3O3/c1-25(2,3)19-12-10-18(11-13-19)24(29)27-17-7-6-16-26(27)22-14-15-23(28(30)31)21-9-5-4-8-20(21)22/h4-5,8-15H,6-7,16-17H2,1-3H3. The van der Waals surface area contributed by atoms with E-state index in [1.54, 1.807) is 23.2 Å². The Morgan fingerprint density at radius 3 is 2.19 bits per heavy atom. The second kappa shape index (κ2) is 8.02. The van der Waals surface area contributed by atoms with Crippen LogP contribution in [0.25, 0.3) is 10.8 Å². The first kappa shape index (κ1) is 20.8. The van der Waals surface area contributed by atoms with Gasteiger partial charge >= 0.3 is 0 Å².